The third-order valence-corrected chi connectivity index (χ3v) is 5.92. The molecule has 0 radical (unpaired) electrons. The maximum Gasteiger partial charge on any atom is 0.254 e. The summed E-state index contributed by atoms with van der Waals surface area (Å²) in [6, 6.07) is 7.41. The molecule has 2 heterocycles. The molecule has 1 aromatic rings. The summed E-state index contributed by atoms with van der Waals surface area (Å²) in [6.45, 7) is 6.62. The minimum Gasteiger partial charge on any atom is -0.379 e. The SMILES string of the molecule is CC(=O)Nc1ccc(C(=O)N2CCCSCC2CN2CCOCC2)cc1. The summed E-state index contributed by atoms with van der Waals surface area (Å²) in [5.41, 5.74) is 1.39. The average molecular weight is 378 g/mol. The fourth-order valence-electron chi connectivity index (χ4n) is 3.39. The first kappa shape index (κ1) is 19.2. The lowest BCUT2D eigenvalue weighted by Gasteiger charge is -2.35. The van der Waals surface area contributed by atoms with Crippen molar-refractivity contribution >= 4 is 29.3 Å². The highest BCUT2D eigenvalue weighted by atomic mass is 32.2. The largest absolute Gasteiger partial charge is 0.379 e. The summed E-state index contributed by atoms with van der Waals surface area (Å²) in [4.78, 5) is 28.7. The number of nitrogens with one attached hydrogen (secondary N) is 1. The van der Waals surface area contributed by atoms with Gasteiger partial charge in [0.05, 0.1) is 19.3 Å². The molecule has 0 bridgehead atoms. The highest BCUT2D eigenvalue weighted by Crippen LogP contribution is 2.21. The van der Waals surface area contributed by atoms with E-state index in [1.165, 1.54) is 6.92 Å². The molecule has 2 fully saturated rings. The zero-order chi connectivity index (χ0) is 18.4. The molecule has 0 aliphatic carbocycles. The van der Waals surface area contributed by atoms with Crippen molar-refractivity contribution in [3.63, 3.8) is 0 Å². The van der Waals surface area contributed by atoms with E-state index >= 15 is 0 Å². The Labute approximate surface area is 159 Å². The number of ether oxygens (including phenoxy) is 1. The zero-order valence-electron chi connectivity index (χ0n) is 15.3. The van der Waals surface area contributed by atoms with Crippen LogP contribution in [0.5, 0.6) is 0 Å². The van der Waals surface area contributed by atoms with Gasteiger partial charge in [0, 0.05) is 50.1 Å². The summed E-state index contributed by atoms with van der Waals surface area (Å²) in [5, 5.41) is 2.74. The first-order valence-electron chi connectivity index (χ1n) is 9.20. The van der Waals surface area contributed by atoms with Gasteiger partial charge < -0.3 is 15.0 Å². The minimum atomic E-state index is -0.112. The van der Waals surface area contributed by atoms with E-state index in [0.29, 0.717) is 11.3 Å². The Morgan fingerprint density at radius 3 is 2.62 bits per heavy atom. The quantitative estimate of drug-likeness (QED) is 0.869. The summed E-state index contributed by atoms with van der Waals surface area (Å²) in [7, 11) is 0. The molecule has 2 amide bonds. The van der Waals surface area contributed by atoms with Gasteiger partial charge >= 0.3 is 0 Å². The van der Waals surface area contributed by atoms with E-state index in [1.807, 2.05) is 16.7 Å². The van der Waals surface area contributed by atoms with E-state index < -0.39 is 0 Å². The molecule has 2 aliphatic heterocycles. The van der Waals surface area contributed by atoms with E-state index in [1.54, 1.807) is 24.3 Å². The molecule has 3 rings (SSSR count). The van der Waals surface area contributed by atoms with Crippen LogP contribution in [0.3, 0.4) is 0 Å². The average Bonchev–Trinajstić information content (AvgIpc) is 2.88. The zero-order valence-corrected chi connectivity index (χ0v) is 16.1. The van der Waals surface area contributed by atoms with E-state index in [-0.39, 0.29) is 17.9 Å². The van der Waals surface area contributed by atoms with Crippen molar-refractivity contribution in [1.29, 1.82) is 0 Å². The Bertz CT molecular complexity index is 617. The van der Waals surface area contributed by atoms with Gasteiger partial charge in [0.25, 0.3) is 5.91 Å². The van der Waals surface area contributed by atoms with Crippen molar-refractivity contribution in [3.8, 4) is 0 Å². The highest BCUT2D eigenvalue weighted by molar-refractivity contribution is 7.99. The monoisotopic (exact) mass is 377 g/mol. The maximum absolute atomic E-state index is 13.1. The fourth-order valence-corrected chi connectivity index (χ4v) is 4.45. The van der Waals surface area contributed by atoms with Gasteiger partial charge in [0.2, 0.25) is 5.91 Å². The van der Waals surface area contributed by atoms with Crippen LogP contribution in [0.25, 0.3) is 0 Å². The number of carbonyl (C=O) groups excluding carboxylic acids is 2. The van der Waals surface area contributed by atoms with Crippen molar-refractivity contribution in [3.05, 3.63) is 29.8 Å². The van der Waals surface area contributed by atoms with Crippen LogP contribution in [0.2, 0.25) is 0 Å². The van der Waals surface area contributed by atoms with Crippen molar-refractivity contribution in [2.24, 2.45) is 0 Å². The first-order valence-corrected chi connectivity index (χ1v) is 10.4. The van der Waals surface area contributed by atoms with E-state index in [4.69, 9.17) is 4.74 Å². The number of thioether (sulfide) groups is 1. The molecule has 2 aliphatic rings. The normalized spacial score (nSPS) is 21.9. The minimum absolute atomic E-state index is 0.0835. The second-order valence-corrected chi connectivity index (χ2v) is 7.90. The molecule has 0 spiro atoms. The van der Waals surface area contributed by atoms with Gasteiger partial charge in [-0.1, -0.05) is 0 Å². The van der Waals surface area contributed by atoms with Crippen LogP contribution >= 0.6 is 11.8 Å². The van der Waals surface area contributed by atoms with E-state index in [2.05, 4.69) is 10.2 Å². The summed E-state index contributed by atoms with van der Waals surface area (Å²) < 4.78 is 5.44. The molecule has 6 nitrogen and oxygen atoms in total. The molecule has 1 unspecified atom stereocenters. The number of benzene rings is 1. The molecule has 26 heavy (non-hydrogen) atoms. The highest BCUT2D eigenvalue weighted by Gasteiger charge is 2.28. The topological polar surface area (TPSA) is 61.9 Å². The third kappa shape index (κ3) is 5.22. The lowest BCUT2D eigenvalue weighted by atomic mass is 10.1. The molecule has 1 N–H and O–H groups in total. The lowest BCUT2D eigenvalue weighted by molar-refractivity contribution is -0.114. The predicted octanol–water partition coefficient (Wildman–Crippen LogP) is 1.92. The number of amides is 2. The van der Waals surface area contributed by atoms with Gasteiger partial charge in [0.15, 0.2) is 0 Å². The summed E-state index contributed by atoms with van der Waals surface area (Å²) >= 11 is 1.94. The number of rotatable bonds is 4. The molecule has 7 heteroatoms. The Balaban J connectivity index is 1.69. The smallest absolute Gasteiger partial charge is 0.254 e. The maximum atomic E-state index is 13.1. The molecular weight excluding hydrogens is 350 g/mol. The number of carbonyl (C=O) groups is 2. The van der Waals surface area contributed by atoms with Crippen molar-refractivity contribution < 1.29 is 14.3 Å². The Morgan fingerprint density at radius 1 is 1.19 bits per heavy atom. The van der Waals surface area contributed by atoms with Gasteiger partial charge in [-0.15, -0.1) is 0 Å². The van der Waals surface area contributed by atoms with Gasteiger partial charge in [-0.05, 0) is 36.4 Å². The Kier molecular flexibility index (Phi) is 6.93. The molecule has 2 saturated heterocycles. The number of morpholine rings is 1. The van der Waals surface area contributed by atoms with Crippen LogP contribution in [0.4, 0.5) is 5.69 Å². The van der Waals surface area contributed by atoms with E-state index in [9.17, 15) is 9.59 Å². The molecular formula is C19H27N3O3S. The van der Waals surface area contributed by atoms with E-state index in [0.717, 1.165) is 57.3 Å². The standard InChI is InChI=1S/C19H27N3O3S/c1-15(23)20-17-5-3-16(4-6-17)19(24)22-7-2-12-26-14-18(22)13-21-8-10-25-11-9-21/h3-6,18H,2,7-14H2,1H3,(H,20,23). The third-order valence-electron chi connectivity index (χ3n) is 4.72. The Morgan fingerprint density at radius 2 is 1.92 bits per heavy atom. The van der Waals surface area contributed by atoms with Crippen molar-refractivity contribution in [1.82, 2.24) is 9.80 Å². The molecule has 0 saturated carbocycles. The van der Waals surface area contributed by atoms with Gasteiger partial charge in [-0.3, -0.25) is 14.5 Å². The van der Waals surface area contributed by atoms with Gasteiger partial charge in [-0.2, -0.15) is 11.8 Å². The number of hydrogen-bond acceptors (Lipinski definition) is 5. The first-order chi connectivity index (χ1) is 12.6. The number of nitrogens with zero attached hydrogens (tertiary/aromatic N) is 2. The summed E-state index contributed by atoms with van der Waals surface area (Å²) in [6.07, 6.45) is 1.03. The van der Waals surface area contributed by atoms with Crippen LogP contribution < -0.4 is 5.32 Å². The van der Waals surface area contributed by atoms with Crippen molar-refractivity contribution in [2.45, 2.75) is 19.4 Å². The second-order valence-electron chi connectivity index (χ2n) is 6.75. The predicted molar refractivity (Wildman–Crippen MR) is 105 cm³/mol. The van der Waals surface area contributed by atoms with Crippen LogP contribution in [0.15, 0.2) is 24.3 Å². The molecule has 0 aromatic heterocycles. The second kappa shape index (κ2) is 9.39. The number of anilines is 1. The molecule has 1 aromatic carbocycles. The van der Waals surface area contributed by atoms with Crippen LogP contribution in [0.1, 0.15) is 23.7 Å². The Hall–Kier alpha value is -1.57. The molecule has 1 atom stereocenters. The van der Waals surface area contributed by atoms with Gasteiger partial charge in [-0.25, -0.2) is 0 Å². The lowest BCUT2D eigenvalue weighted by Crippen LogP contribution is -2.50. The van der Waals surface area contributed by atoms with Crippen LogP contribution in [0, 0.1) is 0 Å². The fraction of sp³-hybridized carbons (Fsp3) is 0.579. The van der Waals surface area contributed by atoms with Crippen molar-refractivity contribution in [2.75, 3.05) is 56.2 Å². The summed E-state index contributed by atoms with van der Waals surface area (Å²) in [5.74, 6) is 2.05. The van der Waals surface area contributed by atoms with Crippen LogP contribution in [-0.4, -0.2) is 78.6 Å². The number of hydrogen-bond donors (Lipinski definition) is 1. The van der Waals surface area contributed by atoms with Crippen LogP contribution in [-0.2, 0) is 9.53 Å². The molecule has 142 valence electrons. The van der Waals surface area contributed by atoms with Gasteiger partial charge in [0.1, 0.15) is 0 Å².